The zero-order valence-electron chi connectivity index (χ0n) is 4.40. The third-order valence-corrected chi connectivity index (χ3v) is 0.889. The van der Waals surface area contributed by atoms with Crippen molar-refractivity contribution in [2.24, 2.45) is 12.2 Å². The molecule has 8 heavy (non-hydrogen) atoms. The Morgan fingerprint density at radius 2 is 2.62 bits per heavy atom. The Bertz CT molecular complexity index is 193. The predicted octanol–water partition coefficient (Wildman–Crippen LogP) is 0.818. The maximum absolute atomic E-state index is 9.78. The maximum atomic E-state index is 9.78. The van der Waals surface area contributed by atoms with Crippen molar-refractivity contribution >= 4 is 5.82 Å². The average molecular weight is 111 g/mol. The second-order valence-corrected chi connectivity index (χ2v) is 1.40. The van der Waals surface area contributed by atoms with Gasteiger partial charge in [0.05, 0.1) is 6.20 Å². The second kappa shape index (κ2) is 1.73. The fraction of sp³-hybridized carbons (Fsp3) is 0.250. The second-order valence-electron chi connectivity index (χ2n) is 1.40. The molecule has 1 rings (SSSR count). The van der Waals surface area contributed by atoms with E-state index in [1.807, 2.05) is 0 Å². The van der Waals surface area contributed by atoms with Gasteiger partial charge in [0.2, 0.25) is 0 Å². The van der Waals surface area contributed by atoms with Crippen LogP contribution < -0.4 is 0 Å². The van der Waals surface area contributed by atoms with Crippen LogP contribution in [0.5, 0.6) is 0 Å². The molecular weight excluding hydrogens is 106 g/mol. The molecule has 4 nitrogen and oxygen atoms in total. The Kier molecular flexibility index (Phi) is 1.07. The molecule has 1 aromatic heterocycles. The Hall–Kier alpha value is -1.19. The molecule has 0 bridgehead atoms. The van der Waals surface area contributed by atoms with Gasteiger partial charge >= 0.3 is 0 Å². The van der Waals surface area contributed by atoms with E-state index in [-0.39, 0.29) is 0 Å². The summed E-state index contributed by atoms with van der Waals surface area (Å²) < 4.78 is 1.41. The lowest BCUT2D eigenvalue weighted by molar-refractivity contribution is 0.769. The Balaban J connectivity index is 3.09. The Morgan fingerprint density at radius 1 is 1.88 bits per heavy atom. The van der Waals surface area contributed by atoms with Gasteiger partial charge in [-0.15, -0.1) is 4.91 Å². The summed E-state index contributed by atoms with van der Waals surface area (Å²) >= 11 is 0. The summed E-state index contributed by atoms with van der Waals surface area (Å²) in [4.78, 5) is 9.78. The molecule has 0 unspecified atom stereocenters. The maximum Gasteiger partial charge on any atom is 0.194 e. The number of rotatable bonds is 1. The number of aryl methyl sites for hydroxylation is 1. The lowest BCUT2D eigenvalue weighted by Crippen LogP contribution is -1.86. The fourth-order valence-corrected chi connectivity index (χ4v) is 0.457. The van der Waals surface area contributed by atoms with Crippen LogP contribution in [0.15, 0.2) is 17.4 Å². The minimum Gasteiger partial charge on any atom is -0.248 e. The van der Waals surface area contributed by atoms with Crippen LogP contribution in [0.3, 0.4) is 0 Å². The summed E-state index contributed by atoms with van der Waals surface area (Å²) in [6.45, 7) is 0. The molecule has 0 aromatic carbocycles. The molecule has 0 aliphatic heterocycles. The lowest BCUT2D eigenvalue weighted by atomic mass is 10.7. The van der Waals surface area contributed by atoms with E-state index < -0.39 is 0 Å². The zero-order valence-corrected chi connectivity index (χ0v) is 4.40. The molecule has 0 aliphatic rings. The van der Waals surface area contributed by atoms with Crippen molar-refractivity contribution in [1.82, 2.24) is 9.78 Å². The van der Waals surface area contributed by atoms with Gasteiger partial charge in [0.25, 0.3) is 0 Å². The van der Waals surface area contributed by atoms with Crippen molar-refractivity contribution in [1.29, 1.82) is 0 Å². The van der Waals surface area contributed by atoms with Crippen molar-refractivity contribution < 1.29 is 0 Å². The van der Waals surface area contributed by atoms with Gasteiger partial charge in [0.1, 0.15) is 0 Å². The first kappa shape index (κ1) is 4.96. The van der Waals surface area contributed by atoms with Gasteiger partial charge in [0, 0.05) is 13.1 Å². The number of hydrogen-bond acceptors (Lipinski definition) is 3. The third-order valence-electron chi connectivity index (χ3n) is 0.889. The number of nitroso groups, excluding NO2 is 1. The van der Waals surface area contributed by atoms with Crippen molar-refractivity contribution in [2.45, 2.75) is 0 Å². The minimum absolute atomic E-state index is 0.352. The quantitative estimate of drug-likeness (QED) is 0.503. The van der Waals surface area contributed by atoms with Crippen molar-refractivity contribution in [3.05, 3.63) is 17.2 Å². The topological polar surface area (TPSA) is 47.2 Å². The normalized spacial score (nSPS) is 9.12. The van der Waals surface area contributed by atoms with Gasteiger partial charge < -0.3 is 0 Å². The summed E-state index contributed by atoms with van der Waals surface area (Å²) in [5.41, 5.74) is 0. The SMILES string of the molecule is Cn1nccc1N=O. The van der Waals surface area contributed by atoms with Gasteiger partial charge in [-0.3, -0.25) is 0 Å². The standard InChI is InChI=1S/C4H5N3O/c1-7-4(6-8)2-3-5-7/h2-3H,1H3. The van der Waals surface area contributed by atoms with Gasteiger partial charge in [-0.05, 0) is 5.18 Å². The summed E-state index contributed by atoms with van der Waals surface area (Å²) in [7, 11) is 1.66. The smallest absolute Gasteiger partial charge is 0.194 e. The average Bonchev–Trinajstić information content (AvgIpc) is 2.14. The van der Waals surface area contributed by atoms with Gasteiger partial charge in [-0.1, -0.05) is 0 Å². The van der Waals surface area contributed by atoms with Gasteiger partial charge in [0.15, 0.2) is 5.82 Å². The predicted molar refractivity (Wildman–Crippen MR) is 28.7 cm³/mol. The molecule has 0 spiro atoms. The molecule has 42 valence electrons. The molecule has 0 saturated heterocycles. The van der Waals surface area contributed by atoms with Crippen LogP contribution in [0.1, 0.15) is 0 Å². The molecule has 0 amide bonds. The first-order valence-corrected chi connectivity index (χ1v) is 2.16. The molecule has 0 saturated carbocycles. The largest absolute Gasteiger partial charge is 0.248 e. The third kappa shape index (κ3) is 0.598. The van der Waals surface area contributed by atoms with Crippen LogP contribution in [0.2, 0.25) is 0 Å². The number of nitrogens with zero attached hydrogens (tertiary/aromatic N) is 3. The van der Waals surface area contributed by atoms with E-state index in [0.29, 0.717) is 5.82 Å². The number of hydrogen-bond donors (Lipinski definition) is 0. The van der Waals surface area contributed by atoms with E-state index in [2.05, 4.69) is 10.3 Å². The number of aromatic nitrogens is 2. The highest BCUT2D eigenvalue weighted by Gasteiger charge is 1.92. The Labute approximate surface area is 46.1 Å². The first-order valence-electron chi connectivity index (χ1n) is 2.16. The molecule has 1 heterocycles. The van der Waals surface area contributed by atoms with Crippen LogP contribution in [-0.4, -0.2) is 9.78 Å². The van der Waals surface area contributed by atoms with Crippen LogP contribution >= 0.6 is 0 Å². The first-order chi connectivity index (χ1) is 3.84. The molecule has 0 radical (unpaired) electrons. The molecule has 0 N–H and O–H groups in total. The van der Waals surface area contributed by atoms with Crippen LogP contribution in [0, 0.1) is 4.91 Å². The monoisotopic (exact) mass is 111 g/mol. The van der Waals surface area contributed by atoms with E-state index in [0.717, 1.165) is 0 Å². The van der Waals surface area contributed by atoms with E-state index in [9.17, 15) is 4.91 Å². The molecule has 0 aliphatic carbocycles. The van der Waals surface area contributed by atoms with Crippen molar-refractivity contribution in [3.8, 4) is 0 Å². The summed E-state index contributed by atoms with van der Waals surface area (Å²) in [5, 5.41) is 6.39. The van der Waals surface area contributed by atoms with E-state index in [1.165, 1.54) is 10.9 Å². The lowest BCUT2D eigenvalue weighted by Gasteiger charge is -1.84. The summed E-state index contributed by atoms with van der Waals surface area (Å²) in [5.74, 6) is 0.352. The highest BCUT2D eigenvalue weighted by Crippen LogP contribution is 2.05. The van der Waals surface area contributed by atoms with Gasteiger partial charge in [-0.25, -0.2) is 4.68 Å². The summed E-state index contributed by atoms with van der Waals surface area (Å²) in [6, 6.07) is 1.55. The molecular formula is C4H5N3O. The molecule has 4 heteroatoms. The van der Waals surface area contributed by atoms with Crippen LogP contribution in [0.25, 0.3) is 0 Å². The zero-order chi connectivity index (χ0) is 5.98. The van der Waals surface area contributed by atoms with Crippen molar-refractivity contribution in [3.63, 3.8) is 0 Å². The van der Waals surface area contributed by atoms with Crippen LogP contribution in [-0.2, 0) is 7.05 Å². The van der Waals surface area contributed by atoms with Gasteiger partial charge in [-0.2, -0.15) is 5.10 Å². The highest BCUT2D eigenvalue weighted by molar-refractivity contribution is 5.23. The molecule has 1 aromatic rings. The van der Waals surface area contributed by atoms with E-state index >= 15 is 0 Å². The van der Waals surface area contributed by atoms with Crippen LogP contribution in [0.4, 0.5) is 5.82 Å². The summed E-state index contributed by atoms with van der Waals surface area (Å²) in [6.07, 6.45) is 1.52. The minimum atomic E-state index is 0.352. The highest BCUT2D eigenvalue weighted by atomic mass is 16.3. The fourth-order valence-electron chi connectivity index (χ4n) is 0.457. The van der Waals surface area contributed by atoms with Crippen molar-refractivity contribution in [2.75, 3.05) is 0 Å². The van der Waals surface area contributed by atoms with E-state index in [1.54, 1.807) is 13.1 Å². The Morgan fingerprint density at radius 3 is 2.88 bits per heavy atom. The molecule has 0 fully saturated rings. The molecule has 0 atom stereocenters. The van der Waals surface area contributed by atoms with E-state index in [4.69, 9.17) is 0 Å².